The van der Waals surface area contributed by atoms with E-state index in [-0.39, 0.29) is 29.7 Å². The number of hydrogen-bond acceptors (Lipinski definition) is 3. The second-order valence-corrected chi connectivity index (χ2v) is 8.52. The van der Waals surface area contributed by atoms with Crippen LogP contribution in [0.25, 0.3) is 0 Å². The van der Waals surface area contributed by atoms with Crippen LogP contribution < -0.4 is 10.6 Å². The number of urea groups is 1. The van der Waals surface area contributed by atoms with E-state index in [1.54, 1.807) is 11.0 Å². The van der Waals surface area contributed by atoms with Gasteiger partial charge in [0.15, 0.2) is 0 Å². The Bertz CT molecular complexity index is 885. The van der Waals surface area contributed by atoms with Gasteiger partial charge in [0.2, 0.25) is 5.91 Å². The Labute approximate surface area is 174 Å². The third-order valence-electron chi connectivity index (χ3n) is 5.52. The maximum absolute atomic E-state index is 14.0. The standard InChI is InChI=1S/C22H24FN3O2S/c23-18-8-4-7-17-19(11-14-29-20(17)18)25-21(27)15-9-12-26(13-10-15)22(28)24-16-5-2-1-3-6-16/h1-8,15,19H,9-14H2,(H,24,28)(H,25,27). The molecule has 0 radical (unpaired) electrons. The van der Waals surface area contributed by atoms with E-state index in [2.05, 4.69) is 10.6 Å². The zero-order chi connectivity index (χ0) is 20.2. The van der Waals surface area contributed by atoms with Crippen LogP contribution in [0.5, 0.6) is 0 Å². The van der Waals surface area contributed by atoms with E-state index >= 15 is 0 Å². The zero-order valence-electron chi connectivity index (χ0n) is 16.1. The molecule has 1 saturated heterocycles. The van der Waals surface area contributed by atoms with Crippen molar-refractivity contribution in [2.45, 2.75) is 30.2 Å². The first kappa shape index (κ1) is 19.8. The first-order valence-corrected chi connectivity index (χ1v) is 10.9. The summed E-state index contributed by atoms with van der Waals surface area (Å²) in [6.45, 7) is 1.09. The predicted octanol–water partition coefficient (Wildman–Crippen LogP) is 4.42. The zero-order valence-corrected chi connectivity index (χ0v) is 16.9. The number of amides is 3. The van der Waals surface area contributed by atoms with Crippen LogP contribution in [0, 0.1) is 11.7 Å². The number of benzene rings is 2. The lowest BCUT2D eigenvalue weighted by Crippen LogP contribution is -2.45. The van der Waals surface area contributed by atoms with Gasteiger partial charge in [0.05, 0.1) is 6.04 Å². The first-order valence-electron chi connectivity index (χ1n) is 9.94. The normalized spacial score (nSPS) is 19.3. The maximum Gasteiger partial charge on any atom is 0.321 e. The van der Waals surface area contributed by atoms with E-state index < -0.39 is 0 Å². The molecule has 7 heteroatoms. The number of fused-ring (bicyclic) bond motifs is 1. The number of nitrogens with one attached hydrogen (secondary N) is 2. The summed E-state index contributed by atoms with van der Waals surface area (Å²) in [5, 5.41) is 6.00. The number of para-hydroxylation sites is 1. The molecule has 2 aliphatic rings. The third-order valence-corrected chi connectivity index (χ3v) is 6.68. The lowest BCUT2D eigenvalue weighted by atomic mass is 9.94. The lowest BCUT2D eigenvalue weighted by Gasteiger charge is -2.33. The summed E-state index contributed by atoms with van der Waals surface area (Å²) in [6.07, 6.45) is 2.06. The molecule has 2 aliphatic heterocycles. The molecule has 0 bridgehead atoms. The largest absolute Gasteiger partial charge is 0.349 e. The molecule has 0 aromatic heterocycles. The van der Waals surface area contributed by atoms with Gasteiger partial charge in [0.25, 0.3) is 0 Å². The Morgan fingerprint density at radius 3 is 2.52 bits per heavy atom. The van der Waals surface area contributed by atoms with Crippen molar-refractivity contribution in [3.05, 3.63) is 59.9 Å². The van der Waals surface area contributed by atoms with Crippen molar-refractivity contribution in [1.29, 1.82) is 0 Å². The van der Waals surface area contributed by atoms with Crippen LogP contribution >= 0.6 is 11.8 Å². The second-order valence-electron chi connectivity index (χ2n) is 7.41. The van der Waals surface area contributed by atoms with Crippen molar-refractivity contribution in [1.82, 2.24) is 10.2 Å². The van der Waals surface area contributed by atoms with Crippen LogP contribution in [0.4, 0.5) is 14.9 Å². The minimum absolute atomic E-state index is 0.000212. The van der Waals surface area contributed by atoms with Crippen LogP contribution in [0.15, 0.2) is 53.4 Å². The van der Waals surface area contributed by atoms with Gasteiger partial charge in [0, 0.05) is 35.3 Å². The van der Waals surface area contributed by atoms with E-state index in [0.717, 1.165) is 23.4 Å². The molecule has 5 nitrogen and oxygen atoms in total. The summed E-state index contributed by atoms with van der Waals surface area (Å²) >= 11 is 1.51. The summed E-state index contributed by atoms with van der Waals surface area (Å²) in [5.74, 6) is 0.448. The molecule has 29 heavy (non-hydrogen) atoms. The number of carbonyl (C=O) groups is 2. The number of hydrogen-bond donors (Lipinski definition) is 2. The third kappa shape index (κ3) is 4.56. The Morgan fingerprint density at radius 1 is 1.00 bits per heavy atom. The molecule has 0 spiro atoms. The number of likely N-dealkylation sites (tertiary alicyclic amines) is 1. The van der Waals surface area contributed by atoms with Gasteiger partial charge in [-0.1, -0.05) is 30.3 Å². The highest BCUT2D eigenvalue weighted by Gasteiger charge is 2.30. The van der Waals surface area contributed by atoms with E-state index in [1.807, 2.05) is 36.4 Å². The Balaban J connectivity index is 1.31. The highest BCUT2D eigenvalue weighted by atomic mass is 32.2. The summed E-state index contributed by atoms with van der Waals surface area (Å²) in [5.41, 5.74) is 1.63. The molecule has 1 fully saturated rings. The minimum Gasteiger partial charge on any atom is -0.349 e. The monoisotopic (exact) mass is 413 g/mol. The second kappa shape index (κ2) is 8.86. The average molecular weight is 414 g/mol. The van der Waals surface area contributed by atoms with Gasteiger partial charge in [-0.2, -0.15) is 0 Å². The lowest BCUT2D eigenvalue weighted by molar-refractivity contribution is -0.127. The van der Waals surface area contributed by atoms with Crippen LogP contribution in [0.3, 0.4) is 0 Å². The fourth-order valence-corrected chi connectivity index (χ4v) is 5.04. The summed E-state index contributed by atoms with van der Waals surface area (Å²) in [7, 11) is 0. The Morgan fingerprint density at radius 2 is 1.76 bits per heavy atom. The molecule has 2 N–H and O–H groups in total. The van der Waals surface area contributed by atoms with Crippen molar-refractivity contribution in [3.8, 4) is 0 Å². The van der Waals surface area contributed by atoms with Crippen molar-refractivity contribution >= 4 is 29.4 Å². The van der Waals surface area contributed by atoms with Gasteiger partial charge in [-0.15, -0.1) is 11.8 Å². The van der Waals surface area contributed by atoms with Crippen molar-refractivity contribution in [3.63, 3.8) is 0 Å². The number of thioether (sulfide) groups is 1. The Kier molecular flexibility index (Phi) is 6.04. The topological polar surface area (TPSA) is 61.4 Å². The number of carbonyl (C=O) groups excluding carboxylic acids is 2. The van der Waals surface area contributed by atoms with Gasteiger partial charge in [-0.05, 0) is 43.0 Å². The van der Waals surface area contributed by atoms with Crippen molar-refractivity contribution in [2.24, 2.45) is 5.92 Å². The van der Waals surface area contributed by atoms with E-state index in [1.165, 1.54) is 17.8 Å². The summed E-state index contributed by atoms with van der Waals surface area (Å²) in [4.78, 5) is 27.6. The highest BCUT2D eigenvalue weighted by molar-refractivity contribution is 7.99. The smallest absolute Gasteiger partial charge is 0.321 e. The van der Waals surface area contributed by atoms with Gasteiger partial charge >= 0.3 is 6.03 Å². The molecule has 0 aliphatic carbocycles. The van der Waals surface area contributed by atoms with Gasteiger partial charge < -0.3 is 15.5 Å². The highest BCUT2D eigenvalue weighted by Crippen LogP contribution is 2.38. The average Bonchev–Trinajstić information content (AvgIpc) is 2.75. The molecular weight excluding hydrogens is 389 g/mol. The molecule has 1 unspecified atom stereocenters. The van der Waals surface area contributed by atoms with Crippen molar-refractivity contribution < 1.29 is 14.0 Å². The van der Waals surface area contributed by atoms with E-state index in [4.69, 9.17) is 0 Å². The minimum atomic E-state index is -0.218. The van der Waals surface area contributed by atoms with E-state index in [0.29, 0.717) is 30.8 Å². The van der Waals surface area contributed by atoms with Crippen LogP contribution in [0.2, 0.25) is 0 Å². The number of halogens is 1. The fourth-order valence-electron chi connectivity index (χ4n) is 3.89. The quantitative estimate of drug-likeness (QED) is 0.783. The number of anilines is 1. The van der Waals surface area contributed by atoms with E-state index in [9.17, 15) is 14.0 Å². The van der Waals surface area contributed by atoms with Crippen LogP contribution in [-0.4, -0.2) is 35.7 Å². The van der Waals surface area contributed by atoms with Crippen LogP contribution in [0.1, 0.15) is 30.9 Å². The molecule has 0 saturated carbocycles. The van der Waals surface area contributed by atoms with Gasteiger partial charge in [-0.3, -0.25) is 4.79 Å². The number of piperidine rings is 1. The summed E-state index contributed by atoms with van der Waals surface area (Å²) < 4.78 is 14.0. The molecule has 2 aromatic carbocycles. The molecule has 1 atom stereocenters. The van der Waals surface area contributed by atoms with Gasteiger partial charge in [0.1, 0.15) is 5.82 Å². The predicted molar refractivity (Wildman–Crippen MR) is 112 cm³/mol. The Hall–Kier alpha value is -2.54. The van der Waals surface area contributed by atoms with Gasteiger partial charge in [-0.25, -0.2) is 9.18 Å². The molecule has 3 amide bonds. The molecule has 4 rings (SSSR count). The molecule has 2 heterocycles. The number of nitrogens with zero attached hydrogens (tertiary/aromatic N) is 1. The number of rotatable bonds is 3. The maximum atomic E-state index is 14.0. The molecule has 152 valence electrons. The molecule has 2 aromatic rings. The fraction of sp³-hybridized carbons (Fsp3) is 0.364. The van der Waals surface area contributed by atoms with Crippen LogP contribution in [-0.2, 0) is 4.79 Å². The first-order chi connectivity index (χ1) is 14.1. The summed E-state index contributed by atoms with van der Waals surface area (Å²) in [6, 6.07) is 14.1. The van der Waals surface area contributed by atoms with Crippen molar-refractivity contribution in [2.75, 3.05) is 24.2 Å². The molecular formula is C22H24FN3O2S. The SMILES string of the molecule is O=C(NC1CCSc2c(F)cccc21)C1CCN(C(=O)Nc2ccccc2)CC1.